The van der Waals surface area contributed by atoms with Gasteiger partial charge in [0.2, 0.25) is 0 Å². The van der Waals surface area contributed by atoms with Crippen molar-refractivity contribution in [3.63, 3.8) is 0 Å². The molecule has 0 spiro atoms. The summed E-state index contributed by atoms with van der Waals surface area (Å²) >= 11 is 0. The molecule has 3 nitrogen and oxygen atoms in total. The van der Waals surface area contributed by atoms with Crippen molar-refractivity contribution >= 4 is 0 Å². The van der Waals surface area contributed by atoms with Crippen molar-refractivity contribution in [3.8, 4) is 0 Å². The molecule has 0 bridgehead atoms. The molecule has 0 aromatic rings. The van der Waals surface area contributed by atoms with Gasteiger partial charge in [-0.25, -0.2) is 0 Å². The van der Waals surface area contributed by atoms with E-state index < -0.39 is 0 Å². The normalized spacial score (nSPS) is 33.4. The zero-order valence-corrected chi connectivity index (χ0v) is 11.4. The lowest BCUT2D eigenvalue weighted by atomic mass is 9.81. The maximum Gasteiger partial charge on any atom is 0.0358 e. The molecule has 1 heterocycles. The predicted molar refractivity (Wildman–Crippen MR) is 71.0 cm³/mol. The Morgan fingerprint density at radius 1 is 1.18 bits per heavy atom. The third kappa shape index (κ3) is 1.92. The van der Waals surface area contributed by atoms with Crippen LogP contribution in [0.1, 0.15) is 39.5 Å². The summed E-state index contributed by atoms with van der Waals surface area (Å²) in [6.45, 7) is 10.6. The van der Waals surface area contributed by atoms with Crippen LogP contribution < -0.4 is 5.73 Å². The first kappa shape index (κ1) is 11.9. The molecule has 2 aliphatic carbocycles. The highest BCUT2D eigenvalue weighted by Crippen LogP contribution is 2.55. The van der Waals surface area contributed by atoms with Crippen molar-refractivity contribution in [2.75, 3.05) is 32.7 Å². The monoisotopic (exact) mass is 237 g/mol. The molecule has 17 heavy (non-hydrogen) atoms. The molecule has 0 amide bonds. The molecule has 3 aliphatic rings. The van der Waals surface area contributed by atoms with Gasteiger partial charge in [-0.3, -0.25) is 9.80 Å². The summed E-state index contributed by atoms with van der Waals surface area (Å²) in [5.41, 5.74) is 6.84. The Kier molecular flexibility index (Phi) is 2.77. The van der Waals surface area contributed by atoms with Crippen molar-refractivity contribution in [1.29, 1.82) is 0 Å². The third-order valence-electron chi connectivity index (χ3n) is 5.77. The number of hydrogen-bond acceptors (Lipinski definition) is 3. The van der Waals surface area contributed by atoms with E-state index in [-0.39, 0.29) is 5.54 Å². The number of piperazine rings is 1. The lowest BCUT2D eigenvalue weighted by Crippen LogP contribution is -2.62. The van der Waals surface area contributed by atoms with E-state index in [4.69, 9.17) is 5.73 Å². The second-order valence-corrected chi connectivity index (χ2v) is 6.79. The molecule has 3 fully saturated rings. The Morgan fingerprint density at radius 2 is 1.76 bits per heavy atom. The van der Waals surface area contributed by atoms with E-state index in [0.717, 1.165) is 12.6 Å². The first-order chi connectivity index (χ1) is 8.09. The fraction of sp³-hybridized carbons (Fsp3) is 1.00. The van der Waals surface area contributed by atoms with E-state index in [1.807, 2.05) is 0 Å². The second-order valence-electron chi connectivity index (χ2n) is 6.79. The molecule has 3 rings (SSSR count). The molecular weight excluding hydrogens is 210 g/mol. The molecule has 0 aromatic heterocycles. The zero-order chi connectivity index (χ0) is 12.1. The van der Waals surface area contributed by atoms with Gasteiger partial charge in [-0.1, -0.05) is 6.92 Å². The summed E-state index contributed by atoms with van der Waals surface area (Å²) < 4.78 is 0. The van der Waals surface area contributed by atoms with Crippen LogP contribution in [0.4, 0.5) is 0 Å². The topological polar surface area (TPSA) is 32.5 Å². The van der Waals surface area contributed by atoms with Crippen LogP contribution in [0.25, 0.3) is 0 Å². The van der Waals surface area contributed by atoms with Crippen molar-refractivity contribution in [3.05, 3.63) is 0 Å². The average Bonchev–Trinajstić information content (AvgIpc) is 3.23. The molecule has 1 aliphatic heterocycles. The van der Waals surface area contributed by atoms with E-state index in [0.29, 0.717) is 5.41 Å². The largest absolute Gasteiger partial charge is 0.329 e. The van der Waals surface area contributed by atoms with Gasteiger partial charge < -0.3 is 5.73 Å². The summed E-state index contributed by atoms with van der Waals surface area (Å²) in [6.07, 6.45) is 5.60. The smallest absolute Gasteiger partial charge is 0.0358 e. The quantitative estimate of drug-likeness (QED) is 0.799. The van der Waals surface area contributed by atoms with Crippen LogP contribution in [0, 0.1) is 5.41 Å². The van der Waals surface area contributed by atoms with Crippen molar-refractivity contribution < 1.29 is 0 Å². The minimum Gasteiger partial charge on any atom is -0.329 e. The van der Waals surface area contributed by atoms with Gasteiger partial charge in [0, 0.05) is 44.3 Å². The van der Waals surface area contributed by atoms with Gasteiger partial charge in [0.25, 0.3) is 0 Å². The summed E-state index contributed by atoms with van der Waals surface area (Å²) in [5, 5.41) is 0. The first-order valence-electron chi connectivity index (χ1n) is 7.28. The van der Waals surface area contributed by atoms with Crippen LogP contribution in [-0.4, -0.2) is 54.1 Å². The van der Waals surface area contributed by atoms with E-state index in [1.54, 1.807) is 0 Å². The Morgan fingerprint density at radius 3 is 2.18 bits per heavy atom. The summed E-state index contributed by atoms with van der Waals surface area (Å²) in [7, 11) is 0. The predicted octanol–water partition coefficient (Wildman–Crippen LogP) is 1.28. The summed E-state index contributed by atoms with van der Waals surface area (Å²) in [6, 6.07) is 0.929. The Hall–Kier alpha value is -0.120. The van der Waals surface area contributed by atoms with Gasteiger partial charge in [0.15, 0.2) is 0 Å². The fourth-order valence-electron chi connectivity index (χ4n) is 3.50. The molecule has 0 aromatic carbocycles. The zero-order valence-electron chi connectivity index (χ0n) is 11.4. The van der Waals surface area contributed by atoms with Crippen LogP contribution in [0.3, 0.4) is 0 Å². The van der Waals surface area contributed by atoms with E-state index >= 15 is 0 Å². The highest BCUT2D eigenvalue weighted by Gasteiger charge is 2.55. The average molecular weight is 237 g/mol. The van der Waals surface area contributed by atoms with E-state index in [2.05, 4.69) is 23.6 Å². The van der Waals surface area contributed by atoms with Crippen LogP contribution in [-0.2, 0) is 0 Å². The van der Waals surface area contributed by atoms with Crippen LogP contribution >= 0.6 is 0 Å². The maximum absolute atomic E-state index is 6.12. The lowest BCUT2D eigenvalue weighted by molar-refractivity contribution is 0.00350. The Labute approximate surface area is 105 Å². The summed E-state index contributed by atoms with van der Waals surface area (Å²) in [4.78, 5) is 5.36. The van der Waals surface area contributed by atoms with E-state index in [1.165, 1.54) is 51.9 Å². The number of nitrogens with zero attached hydrogens (tertiary/aromatic N) is 2. The number of nitrogens with two attached hydrogens (primary N) is 1. The molecule has 1 atom stereocenters. The summed E-state index contributed by atoms with van der Waals surface area (Å²) in [5.74, 6) is 0. The molecule has 0 radical (unpaired) electrons. The van der Waals surface area contributed by atoms with E-state index in [9.17, 15) is 0 Å². The third-order valence-corrected chi connectivity index (χ3v) is 5.77. The van der Waals surface area contributed by atoms with Crippen molar-refractivity contribution in [2.24, 2.45) is 11.1 Å². The molecular formula is C14H27N3. The van der Waals surface area contributed by atoms with Gasteiger partial charge in [-0.2, -0.15) is 0 Å². The minimum absolute atomic E-state index is 0.239. The highest BCUT2D eigenvalue weighted by atomic mass is 15.3. The number of hydrogen-bond donors (Lipinski definition) is 1. The van der Waals surface area contributed by atoms with Crippen molar-refractivity contribution in [2.45, 2.75) is 51.1 Å². The number of rotatable bonds is 4. The standard InChI is InChI=1S/C14H27N3/c1-13(5-6-13)14(2,11-15)17-9-7-16(8-10-17)12-3-4-12/h12H,3-11,15H2,1-2H3. The van der Waals surface area contributed by atoms with Crippen LogP contribution in [0.5, 0.6) is 0 Å². The Balaban J connectivity index is 1.64. The van der Waals surface area contributed by atoms with Gasteiger partial charge in [-0.15, -0.1) is 0 Å². The molecule has 2 saturated carbocycles. The first-order valence-corrected chi connectivity index (χ1v) is 7.28. The molecule has 2 N–H and O–H groups in total. The molecule has 1 unspecified atom stereocenters. The second kappa shape index (κ2) is 3.94. The molecule has 3 heteroatoms. The highest BCUT2D eigenvalue weighted by molar-refractivity contribution is 5.10. The Bertz CT molecular complexity index is 288. The lowest BCUT2D eigenvalue weighted by Gasteiger charge is -2.49. The van der Waals surface area contributed by atoms with Gasteiger partial charge in [0.05, 0.1) is 0 Å². The van der Waals surface area contributed by atoms with Crippen LogP contribution in [0.15, 0.2) is 0 Å². The van der Waals surface area contributed by atoms with Crippen molar-refractivity contribution in [1.82, 2.24) is 9.80 Å². The van der Waals surface area contributed by atoms with Crippen LogP contribution in [0.2, 0.25) is 0 Å². The maximum atomic E-state index is 6.12. The molecule has 98 valence electrons. The SMILES string of the molecule is CC1(C(C)(CN)N2CCN(C3CC3)CC2)CC1. The van der Waals surface area contributed by atoms with Gasteiger partial charge >= 0.3 is 0 Å². The van der Waals surface area contributed by atoms with Gasteiger partial charge in [-0.05, 0) is 38.0 Å². The fourth-order valence-corrected chi connectivity index (χ4v) is 3.50. The minimum atomic E-state index is 0.239. The molecule has 1 saturated heterocycles. The van der Waals surface area contributed by atoms with Gasteiger partial charge in [0.1, 0.15) is 0 Å².